The minimum Gasteiger partial charge on any atom is -0.377 e. The van der Waals surface area contributed by atoms with Gasteiger partial charge in [0, 0.05) is 39.8 Å². The molecule has 0 aromatic heterocycles. The van der Waals surface area contributed by atoms with Crippen molar-refractivity contribution in [3.05, 3.63) is 0 Å². The maximum atomic E-state index is 5.61. The second kappa shape index (κ2) is 3.95. The summed E-state index contributed by atoms with van der Waals surface area (Å²) in [6.07, 6.45) is 3.86. The molecule has 76 valence electrons. The fourth-order valence-electron chi connectivity index (χ4n) is 2.27. The third kappa shape index (κ3) is 2.03. The second-order valence-electron chi connectivity index (χ2n) is 4.27. The van der Waals surface area contributed by atoms with Gasteiger partial charge in [0.25, 0.3) is 0 Å². The summed E-state index contributed by atoms with van der Waals surface area (Å²) in [5, 5.41) is 3.37. The summed E-state index contributed by atoms with van der Waals surface area (Å²) in [6.45, 7) is 5.79. The van der Waals surface area contributed by atoms with Crippen molar-refractivity contribution in [2.75, 3.05) is 39.8 Å². The Labute approximate surface area is 80.4 Å². The van der Waals surface area contributed by atoms with E-state index >= 15 is 0 Å². The minimum atomic E-state index is 0.220. The number of nitrogens with one attached hydrogen (secondary N) is 1. The highest BCUT2D eigenvalue weighted by Crippen LogP contribution is 2.35. The van der Waals surface area contributed by atoms with Gasteiger partial charge in [-0.1, -0.05) is 0 Å². The van der Waals surface area contributed by atoms with Gasteiger partial charge in [-0.2, -0.15) is 0 Å². The summed E-state index contributed by atoms with van der Waals surface area (Å²) in [4.78, 5) is 2.53. The highest BCUT2D eigenvalue weighted by molar-refractivity contribution is 4.92. The zero-order chi connectivity index (χ0) is 9.15. The molecule has 1 heterocycles. The van der Waals surface area contributed by atoms with Crippen LogP contribution in [-0.2, 0) is 4.74 Å². The van der Waals surface area contributed by atoms with Crippen LogP contribution in [0.1, 0.15) is 19.3 Å². The van der Waals surface area contributed by atoms with Gasteiger partial charge in [0.05, 0.1) is 5.60 Å². The van der Waals surface area contributed by atoms with Gasteiger partial charge in [-0.05, 0) is 19.3 Å². The lowest BCUT2D eigenvalue weighted by molar-refractivity contribution is -0.0925. The van der Waals surface area contributed by atoms with Crippen molar-refractivity contribution in [1.82, 2.24) is 10.2 Å². The highest BCUT2D eigenvalue weighted by Gasteiger charge is 2.38. The van der Waals surface area contributed by atoms with Gasteiger partial charge < -0.3 is 10.1 Å². The molecule has 0 spiro atoms. The second-order valence-corrected chi connectivity index (χ2v) is 4.27. The topological polar surface area (TPSA) is 24.5 Å². The molecule has 0 aromatic carbocycles. The molecule has 1 saturated heterocycles. The van der Waals surface area contributed by atoms with Gasteiger partial charge in [0.15, 0.2) is 0 Å². The number of methoxy groups -OCH3 is 1. The SMILES string of the molecule is COC1(CN2CCNCC2)CCC1. The van der Waals surface area contributed by atoms with Crippen LogP contribution < -0.4 is 5.32 Å². The number of hydrogen-bond donors (Lipinski definition) is 1. The zero-order valence-corrected chi connectivity index (χ0v) is 8.51. The molecule has 0 unspecified atom stereocenters. The lowest BCUT2D eigenvalue weighted by atomic mass is 9.79. The fraction of sp³-hybridized carbons (Fsp3) is 1.00. The molecule has 2 fully saturated rings. The van der Waals surface area contributed by atoms with Crippen LogP contribution in [0.2, 0.25) is 0 Å². The highest BCUT2D eigenvalue weighted by atomic mass is 16.5. The minimum absolute atomic E-state index is 0.220. The van der Waals surface area contributed by atoms with E-state index in [0.717, 1.165) is 19.6 Å². The predicted molar refractivity (Wildman–Crippen MR) is 52.9 cm³/mol. The smallest absolute Gasteiger partial charge is 0.0805 e. The Morgan fingerprint density at radius 3 is 2.46 bits per heavy atom. The molecule has 1 aliphatic carbocycles. The monoisotopic (exact) mass is 184 g/mol. The van der Waals surface area contributed by atoms with E-state index in [4.69, 9.17) is 4.74 Å². The van der Waals surface area contributed by atoms with Crippen LogP contribution >= 0.6 is 0 Å². The largest absolute Gasteiger partial charge is 0.377 e. The molecule has 0 aromatic rings. The van der Waals surface area contributed by atoms with Crippen molar-refractivity contribution in [1.29, 1.82) is 0 Å². The molecule has 1 saturated carbocycles. The molecular formula is C10H20N2O. The van der Waals surface area contributed by atoms with E-state index in [0.29, 0.717) is 0 Å². The molecule has 0 radical (unpaired) electrons. The molecule has 0 amide bonds. The van der Waals surface area contributed by atoms with Gasteiger partial charge >= 0.3 is 0 Å². The summed E-state index contributed by atoms with van der Waals surface area (Å²) >= 11 is 0. The molecule has 3 heteroatoms. The van der Waals surface area contributed by atoms with Crippen molar-refractivity contribution in [3.8, 4) is 0 Å². The van der Waals surface area contributed by atoms with E-state index in [1.54, 1.807) is 0 Å². The molecular weight excluding hydrogens is 164 g/mol. The average Bonchev–Trinajstić information content (AvgIpc) is 2.13. The Morgan fingerprint density at radius 2 is 2.00 bits per heavy atom. The van der Waals surface area contributed by atoms with Gasteiger partial charge in [-0.3, -0.25) is 4.90 Å². The summed E-state index contributed by atoms with van der Waals surface area (Å²) < 4.78 is 5.61. The Balaban J connectivity index is 1.81. The number of rotatable bonds is 3. The number of ether oxygens (including phenoxy) is 1. The Hall–Kier alpha value is -0.120. The summed E-state index contributed by atoms with van der Waals surface area (Å²) in [5.41, 5.74) is 0.220. The van der Waals surface area contributed by atoms with E-state index in [9.17, 15) is 0 Å². The molecule has 1 aliphatic heterocycles. The van der Waals surface area contributed by atoms with Crippen molar-refractivity contribution in [2.45, 2.75) is 24.9 Å². The third-order valence-corrected chi connectivity index (χ3v) is 3.42. The summed E-state index contributed by atoms with van der Waals surface area (Å²) in [6, 6.07) is 0. The summed E-state index contributed by atoms with van der Waals surface area (Å²) in [7, 11) is 1.86. The molecule has 2 rings (SSSR count). The summed E-state index contributed by atoms with van der Waals surface area (Å²) in [5.74, 6) is 0. The quantitative estimate of drug-likeness (QED) is 0.689. The Bertz CT molecular complexity index is 157. The van der Waals surface area contributed by atoms with Crippen LogP contribution in [0.4, 0.5) is 0 Å². The van der Waals surface area contributed by atoms with Crippen LogP contribution in [-0.4, -0.2) is 50.3 Å². The van der Waals surface area contributed by atoms with Gasteiger partial charge in [0.1, 0.15) is 0 Å². The molecule has 0 bridgehead atoms. The first-order chi connectivity index (χ1) is 6.35. The van der Waals surface area contributed by atoms with Crippen LogP contribution in [0.3, 0.4) is 0 Å². The normalized spacial score (nSPS) is 28.4. The number of piperazine rings is 1. The van der Waals surface area contributed by atoms with Crippen molar-refractivity contribution in [2.24, 2.45) is 0 Å². The van der Waals surface area contributed by atoms with E-state index in [-0.39, 0.29) is 5.60 Å². The standard InChI is InChI=1S/C10H20N2O/c1-13-10(3-2-4-10)9-12-7-5-11-6-8-12/h11H,2-9H2,1H3. The third-order valence-electron chi connectivity index (χ3n) is 3.42. The van der Waals surface area contributed by atoms with E-state index in [1.165, 1.54) is 32.4 Å². The Morgan fingerprint density at radius 1 is 1.31 bits per heavy atom. The lowest BCUT2D eigenvalue weighted by Gasteiger charge is -2.44. The Kier molecular flexibility index (Phi) is 2.86. The van der Waals surface area contributed by atoms with Crippen molar-refractivity contribution < 1.29 is 4.74 Å². The molecule has 1 N–H and O–H groups in total. The van der Waals surface area contributed by atoms with E-state index in [1.807, 2.05) is 7.11 Å². The van der Waals surface area contributed by atoms with Crippen LogP contribution in [0.15, 0.2) is 0 Å². The number of hydrogen-bond acceptors (Lipinski definition) is 3. The van der Waals surface area contributed by atoms with Gasteiger partial charge in [0.2, 0.25) is 0 Å². The first-order valence-electron chi connectivity index (χ1n) is 5.33. The molecule has 13 heavy (non-hydrogen) atoms. The average molecular weight is 184 g/mol. The molecule has 0 atom stereocenters. The van der Waals surface area contributed by atoms with Crippen LogP contribution in [0.5, 0.6) is 0 Å². The lowest BCUT2D eigenvalue weighted by Crippen LogP contribution is -2.54. The number of nitrogens with zero attached hydrogens (tertiary/aromatic N) is 1. The predicted octanol–water partition coefficient (Wildman–Crippen LogP) is 0.461. The van der Waals surface area contributed by atoms with Crippen molar-refractivity contribution >= 4 is 0 Å². The van der Waals surface area contributed by atoms with Crippen LogP contribution in [0.25, 0.3) is 0 Å². The first-order valence-corrected chi connectivity index (χ1v) is 5.33. The van der Waals surface area contributed by atoms with E-state index in [2.05, 4.69) is 10.2 Å². The fourth-order valence-corrected chi connectivity index (χ4v) is 2.27. The first kappa shape index (κ1) is 9.44. The van der Waals surface area contributed by atoms with Gasteiger partial charge in [-0.25, -0.2) is 0 Å². The molecule has 3 nitrogen and oxygen atoms in total. The maximum Gasteiger partial charge on any atom is 0.0805 e. The van der Waals surface area contributed by atoms with Crippen LogP contribution in [0, 0.1) is 0 Å². The van der Waals surface area contributed by atoms with E-state index < -0.39 is 0 Å². The van der Waals surface area contributed by atoms with Crippen molar-refractivity contribution in [3.63, 3.8) is 0 Å². The van der Waals surface area contributed by atoms with Gasteiger partial charge in [-0.15, -0.1) is 0 Å². The maximum absolute atomic E-state index is 5.61. The zero-order valence-electron chi connectivity index (χ0n) is 8.51. The molecule has 2 aliphatic rings.